The topological polar surface area (TPSA) is 172 Å². The number of aromatic nitrogens is 4. The second-order valence-electron chi connectivity index (χ2n) is 7.17. The van der Waals surface area contributed by atoms with Gasteiger partial charge in [-0.05, 0) is 12.8 Å². The van der Waals surface area contributed by atoms with Gasteiger partial charge in [-0.1, -0.05) is 13.8 Å². The molecule has 11 heteroatoms. The molecule has 2 unspecified atom stereocenters. The molecule has 1 fully saturated rings. The maximum atomic E-state index is 12.2. The van der Waals surface area contributed by atoms with E-state index in [0.717, 1.165) is 0 Å². The average Bonchev–Trinajstić information content (AvgIpc) is 3.16. The Kier molecular flexibility index (Phi) is 5.04. The first kappa shape index (κ1) is 19.4. The third-order valence-electron chi connectivity index (χ3n) is 5.02. The summed E-state index contributed by atoms with van der Waals surface area (Å²) in [6.07, 6.45) is -1.81. The lowest BCUT2D eigenvalue weighted by Crippen LogP contribution is -2.51. The van der Waals surface area contributed by atoms with Crippen molar-refractivity contribution in [2.45, 2.75) is 50.8 Å². The zero-order valence-corrected chi connectivity index (χ0v) is 15.3. The molecule has 0 amide bonds. The molecule has 0 saturated carbocycles. The number of aliphatic hydroxyl groups is 2. The van der Waals surface area contributed by atoms with Crippen LogP contribution < -0.4 is 11.5 Å². The van der Waals surface area contributed by atoms with Crippen LogP contribution in [0.4, 0.5) is 5.82 Å². The largest absolute Gasteiger partial charge is 0.461 e. The van der Waals surface area contributed by atoms with Gasteiger partial charge in [-0.25, -0.2) is 15.0 Å². The number of imidazole rings is 1. The molecule has 6 N–H and O–H groups in total. The first-order valence-electron chi connectivity index (χ1n) is 8.55. The summed E-state index contributed by atoms with van der Waals surface area (Å²) in [5.74, 6) is -0.562. The minimum absolute atomic E-state index is 0.139. The van der Waals surface area contributed by atoms with Crippen molar-refractivity contribution in [3.8, 4) is 0 Å². The number of carbonyl (C=O) groups is 1. The van der Waals surface area contributed by atoms with Crippen molar-refractivity contribution in [3.63, 3.8) is 0 Å². The molecular formula is C16H24N6O5. The van der Waals surface area contributed by atoms with E-state index in [9.17, 15) is 15.0 Å². The summed E-state index contributed by atoms with van der Waals surface area (Å²) in [5.41, 5.74) is 11.3. The minimum atomic E-state index is -1.28. The van der Waals surface area contributed by atoms with Crippen LogP contribution >= 0.6 is 0 Å². The van der Waals surface area contributed by atoms with Gasteiger partial charge >= 0.3 is 5.97 Å². The van der Waals surface area contributed by atoms with Gasteiger partial charge in [-0.2, -0.15) is 0 Å². The lowest BCUT2D eigenvalue weighted by atomic mass is 9.90. The number of esters is 1. The highest BCUT2D eigenvalue weighted by Crippen LogP contribution is 2.32. The van der Waals surface area contributed by atoms with Gasteiger partial charge in [0.1, 0.15) is 42.3 Å². The van der Waals surface area contributed by atoms with E-state index in [-0.39, 0.29) is 18.3 Å². The van der Waals surface area contributed by atoms with Crippen molar-refractivity contribution in [3.05, 3.63) is 12.7 Å². The van der Waals surface area contributed by atoms with Gasteiger partial charge in [-0.3, -0.25) is 9.36 Å². The predicted molar refractivity (Wildman–Crippen MR) is 94.0 cm³/mol. The number of ether oxygens (including phenoxy) is 2. The molecule has 11 nitrogen and oxygen atoms in total. The third-order valence-corrected chi connectivity index (χ3v) is 5.02. The monoisotopic (exact) mass is 380 g/mol. The first-order valence-corrected chi connectivity index (χ1v) is 8.55. The minimum Gasteiger partial charge on any atom is -0.461 e. The fourth-order valence-corrected chi connectivity index (χ4v) is 2.70. The van der Waals surface area contributed by atoms with Crippen LogP contribution in [-0.2, 0) is 14.3 Å². The van der Waals surface area contributed by atoms with E-state index >= 15 is 0 Å². The predicted octanol–water partition coefficient (Wildman–Crippen LogP) is -1.06. The van der Waals surface area contributed by atoms with Crippen molar-refractivity contribution in [2.75, 3.05) is 12.3 Å². The number of nitrogens with two attached hydrogens (primary N) is 2. The second kappa shape index (κ2) is 7.00. The molecule has 0 radical (unpaired) electrons. The van der Waals surface area contributed by atoms with Crippen molar-refractivity contribution in [1.29, 1.82) is 0 Å². The van der Waals surface area contributed by atoms with Crippen molar-refractivity contribution < 1.29 is 24.5 Å². The van der Waals surface area contributed by atoms with Crippen molar-refractivity contribution >= 4 is 23.0 Å². The molecule has 0 aromatic carbocycles. The quantitative estimate of drug-likeness (QED) is 0.469. The zero-order chi connectivity index (χ0) is 19.9. The Labute approximate surface area is 155 Å². The first-order chi connectivity index (χ1) is 12.6. The van der Waals surface area contributed by atoms with Crippen LogP contribution in [0.2, 0.25) is 0 Å². The lowest BCUT2D eigenvalue weighted by molar-refractivity contribution is -0.157. The van der Waals surface area contributed by atoms with Gasteiger partial charge in [0, 0.05) is 0 Å². The van der Waals surface area contributed by atoms with E-state index in [1.54, 1.807) is 20.8 Å². The van der Waals surface area contributed by atoms with E-state index in [1.807, 2.05) is 0 Å². The molecule has 0 spiro atoms. The standard InChI is InChI=1S/C16H24N6O5/c1-7(2)16(3,18)15(25)26-4-8-10(23)11(24)14(27-8)22-6-21-9-12(17)19-5-20-13(9)22/h5-8,10-11,14,23-24H,4,18H2,1-3H3,(H2,17,19,20)/t8-,10+,11?,14?,16+/m1/s1. The Bertz CT molecular complexity index is 838. The van der Waals surface area contributed by atoms with E-state index in [4.69, 9.17) is 20.9 Å². The summed E-state index contributed by atoms with van der Waals surface area (Å²) < 4.78 is 12.4. The summed E-state index contributed by atoms with van der Waals surface area (Å²) in [4.78, 5) is 24.2. The lowest BCUT2D eigenvalue weighted by Gasteiger charge is -2.27. The number of nitrogen functional groups attached to an aromatic ring is 1. The van der Waals surface area contributed by atoms with Gasteiger partial charge in [0.25, 0.3) is 0 Å². The van der Waals surface area contributed by atoms with Gasteiger partial charge in [-0.15, -0.1) is 0 Å². The highest BCUT2D eigenvalue weighted by Gasteiger charge is 2.45. The van der Waals surface area contributed by atoms with Gasteiger partial charge in [0.05, 0.1) is 6.33 Å². The Morgan fingerprint density at radius 1 is 1.37 bits per heavy atom. The van der Waals surface area contributed by atoms with Gasteiger partial charge < -0.3 is 31.2 Å². The molecule has 0 bridgehead atoms. The van der Waals surface area contributed by atoms with Gasteiger partial charge in [0.2, 0.25) is 0 Å². The summed E-state index contributed by atoms with van der Waals surface area (Å²) in [5, 5.41) is 20.7. The van der Waals surface area contributed by atoms with E-state index in [0.29, 0.717) is 11.2 Å². The highest BCUT2D eigenvalue weighted by atomic mass is 16.6. The highest BCUT2D eigenvalue weighted by molar-refractivity contribution is 5.81. The normalized spacial score (nSPS) is 27.8. The number of anilines is 1. The number of hydrogen-bond acceptors (Lipinski definition) is 10. The number of aliphatic hydroxyl groups excluding tert-OH is 2. The third kappa shape index (κ3) is 3.34. The van der Waals surface area contributed by atoms with E-state index < -0.39 is 36.0 Å². The second-order valence-corrected chi connectivity index (χ2v) is 7.17. The Morgan fingerprint density at radius 2 is 2.07 bits per heavy atom. The molecule has 148 valence electrons. The molecule has 3 rings (SSSR count). The van der Waals surface area contributed by atoms with E-state index in [2.05, 4.69) is 15.0 Å². The molecule has 27 heavy (non-hydrogen) atoms. The summed E-state index contributed by atoms with van der Waals surface area (Å²) in [7, 11) is 0. The molecule has 1 aliphatic heterocycles. The molecule has 5 atom stereocenters. The number of fused-ring (bicyclic) bond motifs is 1. The average molecular weight is 380 g/mol. The van der Waals surface area contributed by atoms with Crippen molar-refractivity contribution in [1.82, 2.24) is 19.5 Å². The summed E-state index contributed by atoms with van der Waals surface area (Å²) >= 11 is 0. The number of carbonyl (C=O) groups excluding carboxylic acids is 1. The summed E-state index contributed by atoms with van der Waals surface area (Å²) in [6, 6.07) is 0. The molecule has 1 saturated heterocycles. The van der Waals surface area contributed by atoms with Crippen LogP contribution in [0.5, 0.6) is 0 Å². The maximum Gasteiger partial charge on any atom is 0.326 e. The number of hydrogen-bond donors (Lipinski definition) is 4. The Morgan fingerprint density at radius 3 is 2.74 bits per heavy atom. The zero-order valence-electron chi connectivity index (χ0n) is 15.3. The van der Waals surface area contributed by atoms with Crippen LogP contribution in [0.25, 0.3) is 11.2 Å². The van der Waals surface area contributed by atoms with Crippen molar-refractivity contribution in [2.24, 2.45) is 11.7 Å². The van der Waals surface area contributed by atoms with Crippen LogP contribution in [-0.4, -0.2) is 66.2 Å². The van der Waals surface area contributed by atoms with Crippen LogP contribution in [0, 0.1) is 5.92 Å². The molecule has 2 aromatic heterocycles. The van der Waals surface area contributed by atoms with E-state index in [1.165, 1.54) is 17.2 Å². The fourth-order valence-electron chi connectivity index (χ4n) is 2.70. The molecule has 3 heterocycles. The molecule has 0 aliphatic carbocycles. The molecular weight excluding hydrogens is 356 g/mol. The maximum absolute atomic E-state index is 12.2. The summed E-state index contributed by atoms with van der Waals surface area (Å²) in [6.45, 7) is 4.93. The van der Waals surface area contributed by atoms with Crippen LogP contribution in [0.1, 0.15) is 27.0 Å². The fraction of sp³-hybridized carbons (Fsp3) is 0.625. The Hall–Kier alpha value is -2.34. The number of rotatable bonds is 5. The van der Waals surface area contributed by atoms with Crippen LogP contribution in [0.3, 0.4) is 0 Å². The van der Waals surface area contributed by atoms with Gasteiger partial charge in [0.15, 0.2) is 17.7 Å². The molecule has 1 aliphatic rings. The Balaban J connectivity index is 1.74. The molecule has 2 aromatic rings. The van der Waals surface area contributed by atoms with Crippen LogP contribution in [0.15, 0.2) is 12.7 Å². The SMILES string of the molecule is CC(C)[C@](C)(N)C(=O)OC[C@H]1OC(n2cnc3c(N)ncnc32)C(O)[C@H]1O. The smallest absolute Gasteiger partial charge is 0.326 e. The number of nitrogens with zero attached hydrogens (tertiary/aromatic N) is 4.